The predicted octanol–water partition coefficient (Wildman–Crippen LogP) is 3.31. The van der Waals surface area contributed by atoms with Crippen LogP contribution in [0.3, 0.4) is 0 Å². The first kappa shape index (κ1) is 17.9. The molecular formula is C19H17N3O3S. The van der Waals surface area contributed by atoms with Gasteiger partial charge in [-0.1, -0.05) is 23.8 Å². The second kappa shape index (κ2) is 6.45. The van der Waals surface area contributed by atoms with Gasteiger partial charge in [0, 0.05) is 12.5 Å². The lowest BCUT2D eigenvalue weighted by atomic mass is 9.81. The third-order valence-electron chi connectivity index (χ3n) is 4.66. The number of aryl methyl sites for hydroxylation is 1. The van der Waals surface area contributed by atoms with Crippen LogP contribution in [0, 0.1) is 35.0 Å². The lowest BCUT2D eigenvalue weighted by molar-refractivity contribution is 0.272. The van der Waals surface area contributed by atoms with E-state index in [0.29, 0.717) is 0 Å². The Kier molecular flexibility index (Phi) is 4.45. The van der Waals surface area contributed by atoms with Crippen LogP contribution in [0.15, 0.2) is 64.6 Å². The van der Waals surface area contributed by atoms with E-state index in [-0.39, 0.29) is 17.1 Å². The normalized spacial score (nSPS) is 22.4. The van der Waals surface area contributed by atoms with Crippen LogP contribution in [-0.4, -0.2) is 18.8 Å². The number of nitrogens with zero attached hydrogens (tertiary/aromatic N) is 3. The molecule has 2 atom stereocenters. The van der Waals surface area contributed by atoms with E-state index >= 15 is 0 Å². The Hall–Kier alpha value is -2.87. The highest BCUT2D eigenvalue weighted by molar-refractivity contribution is 7.89. The molecular weight excluding hydrogens is 350 g/mol. The fourth-order valence-electron chi connectivity index (χ4n) is 3.33. The van der Waals surface area contributed by atoms with Crippen LogP contribution in [0.2, 0.25) is 0 Å². The molecule has 1 aromatic carbocycles. The second-order valence-electron chi connectivity index (χ2n) is 6.27. The maximum Gasteiger partial charge on any atom is 0.244 e. The van der Waals surface area contributed by atoms with Crippen molar-refractivity contribution in [3.63, 3.8) is 0 Å². The highest BCUT2D eigenvalue weighted by atomic mass is 32.2. The summed E-state index contributed by atoms with van der Waals surface area (Å²) in [5.74, 6) is 0.258. The zero-order valence-corrected chi connectivity index (χ0v) is 15.0. The van der Waals surface area contributed by atoms with Crippen LogP contribution in [0.5, 0.6) is 0 Å². The molecule has 0 saturated carbocycles. The predicted molar refractivity (Wildman–Crippen MR) is 93.9 cm³/mol. The zero-order valence-electron chi connectivity index (χ0n) is 14.2. The van der Waals surface area contributed by atoms with E-state index in [1.165, 1.54) is 28.8 Å². The van der Waals surface area contributed by atoms with Crippen LogP contribution in [0.25, 0.3) is 0 Å². The first-order valence-electron chi connectivity index (χ1n) is 7.98. The van der Waals surface area contributed by atoms with Crippen LogP contribution in [-0.2, 0) is 10.0 Å². The highest BCUT2D eigenvalue weighted by Crippen LogP contribution is 2.52. The Morgan fingerprint density at radius 3 is 2.42 bits per heavy atom. The van der Waals surface area contributed by atoms with Gasteiger partial charge in [-0.15, -0.1) is 6.58 Å². The van der Waals surface area contributed by atoms with Crippen molar-refractivity contribution < 1.29 is 12.8 Å². The van der Waals surface area contributed by atoms with Gasteiger partial charge in [-0.3, -0.25) is 0 Å². The molecule has 0 bridgehead atoms. The molecule has 7 heteroatoms. The third-order valence-corrected chi connectivity index (χ3v) is 6.56. The number of hydrogen-bond acceptors (Lipinski definition) is 5. The van der Waals surface area contributed by atoms with Crippen LogP contribution in [0.4, 0.5) is 0 Å². The summed E-state index contributed by atoms with van der Waals surface area (Å²) >= 11 is 0. The zero-order chi connectivity index (χ0) is 18.9. The van der Waals surface area contributed by atoms with Crippen molar-refractivity contribution in [2.75, 3.05) is 0 Å². The lowest BCUT2D eigenvalue weighted by Crippen LogP contribution is -2.38. The topological polar surface area (TPSA) is 98.1 Å². The number of nitriles is 2. The number of rotatable bonds is 4. The van der Waals surface area contributed by atoms with E-state index < -0.39 is 27.5 Å². The molecule has 1 aliphatic rings. The molecule has 1 aromatic heterocycles. The summed E-state index contributed by atoms with van der Waals surface area (Å²) in [6, 6.07) is 11.9. The number of furan rings is 1. The van der Waals surface area contributed by atoms with Crippen molar-refractivity contribution in [1.82, 2.24) is 4.31 Å². The van der Waals surface area contributed by atoms with Gasteiger partial charge in [0.2, 0.25) is 10.0 Å². The average molecular weight is 367 g/mol. The minimum Gasteiger partial charge on any atom is -0.468 e. The fraction of sp³-hybridized carbons (Fsp3) is 0.263. The summed E-state index contributed by atoms with van der Waals surface area (Å²) in [4.78, 5) is 0.0955. The highest BCUT2D eigenvalue weighted by Gasteiger charge is 2.58. The molecule has 1 aliphatic heterocycles. The standard InChI is InChI=1S/C19H17N3O3S/c1-3-15-11-19(12-20,13-21)18(17-5-4-10-25-17)22(15)26(23,24)16-8-6-14(2)7-9-16/h3-10,15,18H,1,11H2,2H3. The SMILES string of the molecule is C=CC1CC(C#N)(C#N)C(c2ccco2)N1S(=O)(=O)c1ccc(C)cc1. The largest absolute Gasteiger partial charge is 0.468 e. The monoisotopic (exact) mass is 367 g/mol. The van der Waals surface area contributed by atoms with Gasteiger partial charge in [-0.25, -0.2) is 8.42 Å². The Balaban J connectivity index is 2.22. The van der Waals surface area contributed by atoms with Gasteiger partial charge in [0.1, 0.15) is 11.8 Å². The number of hydrogen-bond donors (Lipinski definition) is 0. The van der Waals surface area contributed by atoms with Crippen molar-refractivity contribution in [2.24, 2.45) is 5.41 Å². The first-order chi connectivity index (χ1) is 12.4. The van der Waals surface area contributed by atoms with E-state index in [0.717, 1.165) is 5.56 Å². The van der Waals surface area contributed by atoms with Gasteiger partial charge in [0.05, 0.1) is 23.3 Å². The van der Waals surface area contributed by atoms with Gasteiger partial charge in [-0.05, 0) is 31.2 Å². The summed E-state index contributed by atoms with van der Waals surface area (Å²) in [5.41, 5.74) is -0.634. The van der Waals surface area contributed by atoms with E-state index in [1.54, 1.807) is 24.3 Å². The molecule has 0 N–H and O–H groups in total. The van der Waals surface area contributed by atoms with E-state index in [2.05, 4.69) is 6.58 Å². The van der Waals surface area contributed by atoms with Crippen molar-refractivity contribution in [3.05, 3.63) is 66.6 Å². The molecule has 6 nitrogen and oxygen atoms in total. The average Bonchev–Trinajstić information content (AvgIpc) is 3.27. The van der Waals surface area contributed by atoms with E-state index in [4.69, 9.17) is 4.42 Å². The maximum absolute atomic E-state index is 13.4. The molecule has 1 saturated heterocycles. The molecule has 2 heterocycles. The second-order valence-corrected chi connectivity index (χ2v) is 8.11. The molecule has 132 valence electrons. The molecule has 0 amide bonds. The molecule has 2 aromatic rings. The Bertz CT molecular complexity index is 982. The summed E-state index contributed by atoms with van der Waals surface area (Å²) in [6.07, 6.45) is 2.88. The summed E-state index contributed by atoms with van der Waals surface area (Å²) in [6.45, 7) is 5.57. The third kappa shape index (κ3) is 2.62. The van der Waals surface area contributed by atoms with Gasteiger partial charge < -0.3 is 4.42 Å². The summed E-state index contributed by atoms with van der Waals surface area (Å²) in [7, 11) is -3.98. The van der Waals surface area contributed by atoms with Gasteiger partial charge in [-0.2, -0.15) is 14.8 Å². The van der Waals surface area contributed by atoms with E-state index in [9.17, 15) is 18.9 Å². The van der Waals surface area contributed by atoms with Crippen molar-refractivity contribution in [3.8, 4) is 12.1 Å². The summed E-state index contributed by atoms with van der Waals surface area (Å²) in [5, 5.41) is 19.4. The lowest BCUT2D eigenvalue weighted by Gasteiger charge is -2.28. The number of sulfonamides is 1. The molecule has 1 fully saturated rings. The first-order valence-corrected chi connectivity index (χ1v) is 9.42. The van der Waals surface area contributed by atoms with Crippen LogP contribution < -0.4 is 0 Å². The van der Waals surface area contributed by atoms with Crippen molar-refractivity contribution in [2.45, 2.75) is 30.3 Å². The van der Waals surface area contributed by atoms with Crippen molar-refractivity contribution in [1.29, 1.82) is 10.5 Å². The molecule has 0 aliphatic carbocycles. The number of benzene rings is 1. The van der Waals surface area contributed by atoms with Crippen LogP contribution >= 0.6 is 0 Å². The summed E-state index contributed by atoms with van der Waals surface area (Å²) < 4.78 is 33.3. The Labute approximate surface area is 152 Å². The van der Waals surface area contributed by atoms with Crippen molar-refractivity contribution >= 4 is 10.0 Å². The molecule has 0 spiro atoms. The van der Waals surface area contributed by atoms with Gasteiger partial charge in [0.15, 0.2) is 5.41 Å². The Morgan fingerprint density at radius 2 is 1.92 bits per heavy atom. The maximum atomic E-state index is 13.4. The smallest absolute Gasteiger partial charge is 0.244 e. The Morgan fingerprint density at radius 1 is 1.27 bits per heavy atom. The molecule has 3 rings (SSSR count). The van der Waals surface area contributed by atoms with Gasteiger partial charge >= 0.3 is 0 Å². The van der Waals surface area contributed by atoms with E-state index in [1.807, 2.05) is 19.1 Å². The quantitative estimate of drug-likeness (QED) is 0.772. The molecule has 26 heavy (non-hydrogen) atoms. The minimum absolute atomic E-state index is 0.0277. The van der Waals surface area contributed by atoms with Gasteiger partial charge in [0.25, 0.3) is 0 Å². The molecule has 2 unspecified atom stereocenters. The van der Waals surface area contributed by atoms with Crippen LogP contribution in [0.1, 0.15) is 23.8 Å². The minimum atomic E-state index is -3.98. The molecule has 0 radical (unpaired) electrons. The fourth-order valence-corrected chi connectivity index (χ4v) is 5.13.